The summed E-state index contributed by atoms with van der Waals surface area (Å²) in [5.41, 5.74) is -1.29. The fraction of sp³-hybridized carbons (Fsp3) is 0.526. The lowest BCUT2D eigenvalue weighted by Gasteiger charge is -2.14. The van der Waals surface area contributed by atoms with Gasteiger partial charge in [0.05, 0.1) is 11.9 Å². The molecule has 4 N–H and O–H groups in total. The van der Waals surface area contributed by atoms with E-state index in [1.54, 1.807) is 6.07 Å². The van der Waals surface area contributed by atoms with Gasteiger partial charge in [-0.15, -0.1) is 0 Å². The molecule has 1 fully saturated rings. The lowest BCUT2D eigenvalue weighted by Crippen LogP contribution is -2.33. The number of halogens is 3. The molecule has 33 heavy (non-hydrogen) atoms. The van der Waals surface area contributed by atoms with E-state index < -0.39 is 33.7 Å². The largest absolute Gasteiger partial charge is 0.446 e. The van der Waals surface area contributed by atoms with Gasteiger partial charge < -0.3 is 15.4 Å². The minimum absolute atomic E-state index is 0.0290. The van der Waals surface area contributed by atoms with E-state index in [2.05, 4.69) is 25.8 Å². The molecule has 0 aliphatic heterocycles. The highest BCUT2D eigenvalue weighted by Crippen LogP contribution is 2.37. The van der Waals surface area contributed by atoms with Gasteiger partial charge in [0.15, 0.2) is 11.5 Å². The van der Waals surface area contributed by atoms with Crippen LogP contribution in [0.5, 0.6) is 0 Å². The molecule has 0 saturated heterocycles. The zero-order valence-electron chi connectivity index (χ0n) is 18.2. The van der Waals surface area contributed by atoms with E-state index in [0.717, 1.165) is 24.4 Å². The second-order valence-electron chi connectivity index (χ2n) is 8.13. The average Bonchev–Trinajstić information content (AvgIpc) is 3.29. The van der Waals surface area contributed by atoms with E-state index in [9.17, 15) is 26.4 Å². The summed E-state index contributed by atoms with van der Waals surface area (Å²) in [5.74, 6) is 0.138. The van der Waals surface area contributed by atoms with Crippen molar-refractivity contribution in [3.63, 3.8) is 0 Å². The molecule has 182 valence electrons. The summed E-state index contributed by atoms with van der Waals surface area (Å²) in [6, 6.07) is 3.81. The van der Waals surface area contributed by atoms with Crippen LogP contribution in [0.2, 0.25) is 0 Å². The topological polar surface area (TPSA) is 138 Å². The van der Waals surface area contributed by atoms with Crippen LogP contribution in [0.4, 0.5) is 35.3 Å². The first kappa shape index (κ1) is 24.6. The number of alkyl halides is 3. The monoisotopic (exact) mass is 490 g/mol. The fourth-order valence-corrected chi connectivity index (χ4v) is 4.08. The molecule has 14 heteroatoms. The van der Waals surface area contributed by atoms with Gasteiger partial charge in [0, 0.05) is 23.7 Å². The van der Waals surface area contributed by atoms with E-state index in [-0.39, 0.29) is 29.7 Å². The van der Waals surface area contributed by atoms with E-state index in [0.29, 0.717) is 12.8 Å². The predicted molar refractivity (Wildman–Crippen MR) is 115 cm³/mol. The Balaban J connectivity index is 1.68. The van der Waals surface area contributed by atoms with Crippen LogP contribution < -0.4 is 15.4 Å². The van der Waals surface area contributed by atoms with E-state index in [1.807, 2.05) is 18.6 Å². The van der Waals surface area contributed by atoms with Crippen LogP contribution in [0, 0.1) is 0 Å². The number of pyridine rings is 1. The van der Waals surface area contributed by atoms with Crippen molar-refractivity contribution >= 4 is 33.4 Å². The van der Waals surface area contributed by atoms with Crippen molar-refractivity contribution in [2.45, 2.75) is 57.3 Å². The van der Waals surface area contributed by atoms with Crippen LogP contribution in [0.15, 0.2) is 18.2 Å². The predicted octanol–water partition coefficient (Wildman–Crippen LogP) is 3.71. The summed E-state index contributed by atoms with van der Waals surface area (Å²) in [4.78, 5) is 15.3. The summed E-state index contributed by atoms with van der Waals surface area (Å²) in [5, 5.41) is 12.3. The first-order valence-corrected chi connectivity index (χ1v) is 12.0. The third kappa shape index (κ3) is 6.97. The second kappa shape index (κ2) is 9.45. The van der Waals surface area contributed by atoms with Crippen molar-refractivity contribution < 1.29 is 31.1 Å². The number of hydrogen-bond acceptors (Lipinski definition) is 7. The molecule has 1 saturated carbocycles. The summed E-state index contributed by atoms with van der Waals surface area (Å²) in [7, 11) is -3.92. The minimum atomic E-state index is -4.87. The molecule has 1 aliphatic carbocycles. The first-order valence-electron chi connectivity index (χ1n) is 10.2. The fourth-order valence-electron chi connectivity index (χ4n) is 3.52. The number of carbonyl (C=O) groups is 1. The standard InChI is InChI=1S/C19H25F3N6O4S/c1-10(2)23-18(29)32-12-5-4-11(8-12)14-9-16(27-26-14)24-15-7-6-13(28-33(3,30)31)17(25-15)19(20,21)22/h6-7,9-12,28H,4-5,8H2,1-3H3,(H,23,29)(H2,24,25,26,27)/t11-,12+/m0/s1. The van der Waals surface area contributed by atoms with Crippen molar-refractivity contribution in [2.75, 3.05) is 16.3 Å². The maximum Gasteiger partial charge on any atom is 0.435 e. The average molecular weight is 491 g/mol. The van der Waals surface area contributed by atoms with Gasteiger partial charge in [0.25, 0.3) is 0 Å². The Kier molecular flexibility index (Phi) is 7.05. The molecule has 3 rings (SSSR count). The summed E-state index contributed by atoms with van der Waals surface area (Å²) in [6.07, 6.45) is -2.80. The Hall–Kier alpha value is -3.03. The van der Waals surface area contributed by atoms with Gasteiger partial charge in [-0.25, -0.2) is 18.2 Å². The molecule has 0 radical (unpaired) electrons. The zero-order chi connectivity index (χ0) is 24.4. The highest BCUT2D eigenvalue weighted by atomic mass is 32.2. The van der Waals surface area contributed by atoms with Crippen LogP contribution in [-0.4, -0.2) is 48.1 Å². The molecule has 2 aromatic rings. The molecule has 2 aromatic heterocycles. The molecule has 2 heterocycles. The number of hydrogen-bond donors (Lipinski definition) is 4. The van der Waals surface area contributed by atoms with Crippen molar-refractivity contribution in [3.8, 4) is 0 Å². The summed E-state index contributed by atoms with van der Waals surface area (Å²) >= 11 is 0. The molecular weight excluding hydrogens is 465 g/mol. The number of ether oxygens (including phenoxy) is 1. The molecule has 1 amide bonds. The Morgan fingerprint density at radius 3 is 2.61 bits per heavy atom. The zero-order valence-corrected chi connectivity index (χ0v) is 19.0. The third-order valence-corrected chi connectivity index (χ3v) is 5.41. The third-order valence-electron chi connectivity index (χ3n) is 4.82. The van der Waals surface area contributed by atoms with Crippen LogP contribution in [0.3, 0.4) is 0 Å². The smallest absolute Gasteiger partial charge is 0.435 e. The lowest BCUT2D eigenvalue weighted by atomic mass is 10.0. The van der Waals surface area contributed by atoms with Gasteiger partial charge >= 0.3 is 12.3 Å². The molecule has 0 bridgehead atoms. The number of nitrogens with one attached hydrogen (secondary N) is 4. The maximum atomic E-state index is 13.4. The normalized spacial score (nSPS) is 18.9. The summed E-state index contributed by atoms with van der Waals surface area (Å²) < 4.78 is 70.0. The van der Waals surface area contributed by atoms with Gasteiger partial charge in [-0.05, 0) is 45.2 Å². The SMILES string of the molecule is CC(C)NC(=O)O[C@@H]1CC[C@H](c2cc(Nc3ccc(NS(C)(=O)=O)c(C(F)(F)F)n3)n[nH]2)C1. The van der Waals surface area contributed by atoms with Gasteiger partial charge in [-0.3, -0.25) is 9.82 Å². The summed E-state index contributed by atoms with van der Waals surface area (Å²) in [6.45, 7) is 3.67. The quantitative estimate of drug-likeness (QED) is 0.464. The van der Waals surface area contributed by atoms with Crippen molar-refractivity contribution in [3.05, 3.63) is 29.6 Å². The Morgan fingerprint density at radius 1 is 1.24 bits per heavy atom. The molecule has 0 aromatic carbocycles. The number of nitrogens with zero attached hydrogens (tertiary/aromatic N) is 2. The maximum absolute atomic E-state index is 13.4. The highest BCUT2D eigenvalue weighted by Gasteiger charge is 2.37. The lowest BCUT2D eigenvalue weighted by molar-refractivity contribution is -0.140. The number of alkyl carbamates (subject to hydrolysis) is 1. The van der Waals surface area contributed by atoms with Gasteiger partial charge in [-0.1, -0.05) is 0 Å². The van der Waals surface area contributed by atoms with E-state index >= 15 is 0 Å². The Bertz CT molecular complexity index is 1100. The second-order valence-corrected chi connectivity index (χ2v) is 9.88. The number of aromatic nitrogens is 3. The van der Waals surface area contributed by atoms with Crippen LogP contribution in [-0.2, 0) is 20.9 Å². The minimum Gasteiger partial charge on any atom is -0.446 e. The van der Waals surface area contributed by atoms with E-state index in [1.165, 1.54) is 6.07 Å². The molecular formula is C19H25F3N6O4S. The first-order chi connectivity index (χ1) is 15.3. The van der Waals surface area contributed by atoms with Crippen LogP contribution >= 0.6 is 0 Å². The van der Waals surface area contributed by atoms with Crippen molar-refractivity contribution in [2.24, 2.45) is 0 Å². The number of H-pyrrole nitrogens is 1. The van der Waals surface area contributed by atoms with Crippen LogP contribution in [0.25, 0.3) is 0 Å². The van der Waals surface area contributed by atoms with Crippen molar-refractivity contribution in [1.29, 1.82) is 0 Å². The Morgan fingerprint density at radius 2 is 1.97 bits per heavy atom. The number of sulfonamides is 1. The van der Waals surface area contributed by atoms with Gasteiger partial charge in [0.1, 0.15) is 11.9 Å². The number of rotatable bonds is 7. The number of anilines is 3. The van der Waals surface area contributed by atoms with Gasteiger partial charge in [0.2, 0.25) is 10.0 Å². The van der Waals surface area contributed by atoms with Crippen molar-refractivity contribution in [1.82, 2.24) is 20.5 Å². The number of amides is 1. The molecule has 10 nitrogen and oxygen atoms in total. The highest BCUT2D eigenvalue weighted by molar-refractivity contribution is 7.92. The molecule has 2 atom stereocenters. The Labute approximate surface area is 188 Å². The number of carbonyl (C=O) groups excluding carboxylic acids is 1. The molecule has 0 spiro atoms. The molecule has 1 aliphatic rings. The van der Waals surface area contributed by atoms with Crippen LogP contribution in [0.1, 0.15) is 50.4 Å². The number of aromatic amines is 1. The van der Waals surface area contributed by atoms with E-state index in [4.69, 9.17) is 4.74 Å². The molecule has 0 unspecified atom stereocenters. The van der Waals surface area contributed by atoms with Gasteiger partial charge in [-0.2, -0.15) is 18.3 Å².